The first kappa shape index (κ1) is 14.3. The minimum atomic E-state index is 0.100. The fourth-order valence-electron chi connectivity index (χ4n) is 2.02. The zero-order valence-corrected chi connectivity index (χ0v) is 12.4. The predicted molar refractivity (Wildman–Crippen MR) is 80.9 cm³/mol. The molecule has 1 atom stereocenters. The number of aromatic nitrogens is 1. The smallest absolute Gasteiger partial charge is 0.183 e. The van der Waals surface area contributed by atoms with E-state index in [4.69, 9.17) is 11.6 Å². The summed E-state index contributed by atoms with van der Waals surface area (Å²) in [5, 5.41) is 9.56. The first-order valence-electron chi connectivity index (χ1n) is 6.27. The minimum absolute atomic E-state index is 0.100. The Labute approximate surface area is 122 Å². The molecule has 102 valence electrons. The highest BCUT2D eigenvalue weighted by atomic mass is 35.5. The van der Waals surface area contributed by atoms with Crippen LogP contribution in [-0.2, 0) is 6.54 Å². The Balaban J connectivity index is 2.24. The van der Waals surface area contributed by atoms with E-state index in [2.05, 4.69) is 28.9 Å². The molecule has 0 saturated heterocycles. The molecule has 0 bridgehead atoms. The van der Waals surface area contributed by atoms with Crippen LogP contribution < -0.4 is 4.90 Å². The average molecular weight is 297 g/mol. The molecule has 0 aliphatic rings. The van der Waals surface area contributed by atoms with Crippen LogP contribution in [0.4, 0.5) is 5.69 Å². The lowest BCUT2D eigenvalue weighted by Crippen LogP contribution is -2.36. The lowest BCUT2D eigenvalue weighted by atomic mass is 10.1. The van der Waals surface area contributed by atoms with Gasteiger partial charge in [0.05, 0.1) is 19.2 Å². The van der Waals surface area contributed by atoms with Crippen LogP contribution in [0.5, 0.6) is 0 Å². The SMILES string of the molecule is CCC(CO)N(Cc1cnc(Cl)s1)c1ccccc1. The molecular formula is C14H17ClN2OS. The number of halogens is 1. The third-order valence-electron chi connectivity index (χ3n) is 3.06. The van der Waals surface area contributed by atoms with Crippen LogP contribution in [-0.4, -0.2) is 22.7 Å². The van der Waals surface area contributed by atoms with E-state index < -0.39 is 0 Å². The summed E-state index contributed by atoms with van der Waals surface area (Å²) in [4.78, 5) is 7.37. The highest BCUT2D eigenvalue weighted by Gasteiger charge is 2.17. The lowest BCUT2D eigenvalue weighted by molar-refractivity contribution is 0.255. The van der Waals surface area contributed by atoms with Gasteiger partial charge in [0.2, 0.25) is 0 Å². The van der Waals surface area contributed by atoms with Gasteiger partial charge < -0.3 is 10.0 Å². The summed E-state index contributed by atoms with van der Waals surface area (Å²) < 4.78 is 0.556. The molecule has 0 spiro atoms. The highest BCUT2D eigenvalue weighted by molar-refractivity contribution is 7.15. The quantitative estimate of drug-likeness (QED) is 0.885. The molecule has 2 aromatic rings. The molecule has 0 amide bonds. The molecule has 1 heterocycles. The number of aliphatic hydroxyl groups is 1. The van der Waals surface area contributed by atoms with Gasteiger partial charge in [0.15, 0.2) is 4.47 Å². The van der Waals surface area contributed by atoms with E-state index in [1.54, 1.807) is 6.20 Å². The normalized spacial score (nSPS) is 12.4. The number of hydrogen-bond acceptors (Lipinski definition) is 4. The maximum Gasteiger partial charge on any atom is 0.183 e. The fraction of sp³-hybridized carbons (Fsp3) is 0.357. The lowest BCUT2D eigenvalue weighted by Gasteiger charge is -2.31. The Kier molecular flexibility index (Phi) is 5.19. The van der Waals surface area contributed by atoms with E-state index >= 15 is 0 Å². The number of anilines is 1. The van der Waals surface area contributed by atoms with Gasteiger partial charge in [0.1, 0.15) is 0 Å². The number of aliphatic hydroxyl groups excluding tert-OH is 1. The van der Waals surface area contributed by atoms with Crippen LogP contribution in [0.15, 0.2) is 36.5 Å². The molecule has 3 nitrogen and oxygen atoms in total. The molecule has 1 N–H and O–H groups in total. The van der Waals surface area contributed by atoms with E-state index in [9.17, 15) is 5.11 Å². The second-order valence-corrected chi connectivity index (χ2v) is 5.98. The van der Waals surface area contributed by atoms with Gasteiger partial charge in [-0.3, -0.25) is 0 Å². The summed E-state index contributed by atoms with van der Waals surface area (Å²) in [6.45, 7) is 2.93. The van der Waals surface area contributed by atoms with Gasteiger partial charge in [-0.2, -0.15) is 0 Å². The van der Waals surface area contributed by atoms with E-state index in [-0.39, 0.29) is 12.6 Å². The molecule has 2 rings (SSSR count). The van der Waals surface area contributed by atoms with Crippen molar-refractivity contribution >= 4 is 28.6 Å². The van der Waals surface area contributed by atoms with Crippen molar-refractivity contribution in [3.8, 4) is 0 Å². The topological polar surface area (TPSA) is 36.4 Å². The molecule has 1 aromatic heterocycles. The van der Waals surface area contributed by atoms with Crippen LogP contribution >= 0.6 is 22.9 Å². The van der Waals surface area contributed by atoms with E-state index in [0.29, 0.717) is 11.0 Å². The number of benzene rings is 1. The second kappa shape index (κ2) is 6.89. The monoisotopic (exact) mass is 296 g/mol. The number of thiazole rings is 1. The highest BCUT2D eigenvalue weighted by Crippen LogP contribution is 2.25. The van der Waals surface area contributed by atoms with E-state index in [1.807, 2.05) is 18.2 Å². The van der Waals surface area contributed by atoms with Gasteiger partial charge in [-0.25, -0.2) is 4.98 Å². The van der Waals surface area contributed by atoms with Crippen LogP contribution in [0.2, 0.25) is 4.47 Å². The summed E-state index contributed by atoms with van der Waals surface area (Å²) >= 11 is 7.36. The fourth-order valence-corrected chi connectivity index (χ4v) is 3.00. The van der Waals surface area contributed by atoms with Crippen molar-refractivity contribution in [1.29, 1.82) is 0 Å². The predicted octanol–water partition coefficient (Wildman–Crippen LogP) is 3.57. The van der Waals surface area contributed by atoms with Crippen molar-refractivity contribution in [2.75, 3.05) is 11.5 Å². The molecular weight excluding hydrogens is 280 g/mol. The Morgan fingerprint density at radius 2 is 2.11 bits per heavy atom. The first-order chi connectivity index (χ1) is 9.24. The molecule has 0 fully saturated rings. The molecule has 0 saturated carbocycles. The van der Waals surface area contributed by atoms with Gasteiger partial charge in [-0.15, -0.1) is 11.3 Å². The van der Waals surface area contributed by atoms with Crippen molar-refractivity contribution in [1.82, 2.24) is 4.98 Å². The molecule has 19 heavy (non-hydrogen) atoms. The molecule has 0 aliphatic heterocycles. The van der Waals surface area contributed by atoms with E-state index in [1.165, 1.54) is 11.3 Å². The molecule has 5 heteroatoms. The summed E-state index contributed by atoms with van der Waals surface area (Å²) in [6.07, 6.45) is 2.69. The second-order valence-electron chi connectivity index (χ2n) is 4.29. The van der Waals surface area contributed by atoms with Gasteiger partial charge >= 0.3 is 0 Å². The van der Waals surface area contributed by atoms with Gasteiger partial charge in [0.25, 0.3) is 0 Å². The molecule has 0 aliphatic carbocycles. The number of nitrogens with zero attached hydrogens (tertiary/aromatic N) is 2. The Morgan fingerprint density at radius 3 is 2.63 bits per heavy atom. The van der Waals surface area contributed by atoms with Crippen LogP contribution in [0, 0.1) is 0 Å². The number of rotatable bonds is 6. The zero-order chi connectivity index (χ0) is 13.7. The van der Waals surface area contributed by atoms with Crippen LogP contribution in [0.25, 0.3) is 0 Å². The van der Waals surface area contributed by atoms with Gasteiger partial charge in [0, 0.05) is 16.8 Å². The molecule has 1 unspecified atom stereocenters. The first-order valence-corrected chi connectivity index (χ1v) is 7.46. The van der Waals surface area contributed by atoms with Crippen molar-refractivity contribution in [3.05, 3.63) is 45.9 Å². The van der Waals surface area contributed by atoms with Crippen molar-refractivity contribution < 1.29 is 5.11 Å². The third-order valence-corrected chi connectivity index (χ3v) is 4.16. The van der Waals surface area contributed by atoms with Crippen molar-refractivity contribution in [3.63, 3.8) is 0 Å². The summed E-state index contributed by atoms with van der Waals surface area (Å²) in [7, 11) is 0. The van der Waals surface area contributed by atoms with Crippen LogP contribution in [0.3, 0.4) is 0 Å². The molecule has 1 aromatic carbocycles. The van der Waals surface area contributed by atoms with Crippen molar-refractivity contribution in [2.24, 2.45) is 0 Å². The zero-order valence-electron chi connectivity index (χ0n) is 10.8. The number of para-hydroxylation sites is 1. The average Bonchev–Trinajstić information content (AvgIpc) is 2.85. The maximum absolute atomic E-state index is 9.56. The molecule has 0 radical (unpaired) electrons. The maximum atomic E-state index is 9.56. The van der Waals surface area contributed by atoms with Gasteiger partial charge in [-0.1, -0.05) is 36.7 Å². The largest absolute Gasteiger partial charge is 0.394 e. The van der Waals surface area contributed by atoms with Crippen molar-refractivity contribution in [2.45, 2.75) is 25.9 Å². The standard InChI is InChI=1S/C14H17ClN2OS/c1-2-11(10-18)17(12-6-4-3-5-7-12)9-13-8-16-14(15)19-13/h3-8,11,18H,2,9-10H2,1H3. The minimum Gasteiger partial charge on any atom is -0.394 e. The Hall–Kier alpha value is -1.10. The summed E-state index contributed by atoms with van der Waals surface area (Å²) in [6, 6.07) is 10.2. The van der Waals surface area contributed by atoms with Crippen LogP contribution in [0.1, 0.15) is 18.2 Å². The third kappa shape index (κ3) is 3.69. The number of hydrogen-bond donors (Lipinski definition) is 1. The van der Waals surface area contributed by atoms with Gasteiger partial charge in [-0.05, 0) is 18.6 Å². The van der Waals surface area contributed by atoms with E-state index in [0.717, 1.165) is 17.0 Å². The summed E-state index contributed by atoms with van der Waals surface area (Å²) in [5.74, 6) is 0. The Morgan fingerprint density at radius 1 is 1.37 bits per heavy atom. The summed E-state index contributed by atoms with van der Waals surface area (Å²) in [5.41, 5.74) is 1.10. The Bertz CT molecular complexity index is 499.